The van der Waals surface area contributed by atoms with Crippen LogP contribution in [0, 0.1) is 5.82 Å². The maximum absolute atomic E-state index is 13.4. The van der Waals surface area contributed by atoms with Crippen LogP contribution in [0.2, 0.25) is 0 Å². The quantitative estimate of drug-likeness (QED) is 0.129. The zero-order chi connectivity index (χ0) is 26.6. The number of H-pyrrole nitrogens is 1. The normalized spacial score (nSPS) is 14.2. The van der Waals surface area contributed by atoms with Gasteiger partial charge in [-0.2, -0.15) is 0 Å². The number of aliphatic imine (C=N–C) groups is 1. The van der Waals surface area contributed by atoms with Gasteiger partial charge in [0.2, 0.25) is 11.9 Å². The number of imidazole rings is 2. The number of rotatable bonds is 8. The average molecular weight is 635 g/mol. The van der Waals surface area contributed by atoms with Crippen LogP contribution >= 0.6 is 37.2 Å². The molecule has 1 fully saturated rings. The van der Waals surface area contributed by atoms with Crippen molar-refractivity contribution in [1.29, 1.82) is 0 Å². The van der Waals surface area contributed by atoms with Crippen molar-refractivity contribution in [2.45, 2.75) is 25.4 Å². The number of nitrogens with zero attached hydrogens (tertiary/aromatic N) is 5. The van der Waals surface area contributed by atoms with E-state index in [1.807, 2.05) is 54.6 Å². The molecule has 0 radical (unpaired) electrons. The second-order valence-corrected chi connectivity index (χ2v) is 9.89. The van der Waals surface area contributed by atoms with Crippen LogP contribution in [0.15, 0.2) is 77.8 Å². The van der Waals surface area contributed by atoms with Gasteiger partial charge in [-0.3, -0.25) is 10.3 Å². The lowest BCUT2D eigenvalue weighted by Crippen LogP contribution is -2.40. The minimum atomic E-state index is -0.227. The van der Waals surface area contributed by atoms with Gasteiger partial charge in [0.05, 0.1) is 35.2 Å². The lowest BCUT2D eigenvalue weighted by molar-refractivity contribution is 0.224. The first kappa shape index (κ1) is 32.9. The zero-order valence-corrected chi connectivity index (χ0v) is 25.3. The summed E-state index contributed by atoms with van der Waals surface area (Å²) in [5.41, 5.74) is 11.0. The molecular formula is C29H35Cl3FN9. The Balaban J connectivity index is 0.00000161. The maximum Gasteiger partial charge on any atom is 0.208 e. The standard InChI is InChI=1S/C29H32FN9.3ClH/c30-21-11-9-20(10-12-21)19-39-26-8-4-3-7-25(26)36-29(39)33-22-13-16-38(17-14-22)18-15-32-27(31)37-28-34-23-5-1-2-6-24(23)35-28;;;/h1-12,22H,13-19H2,(H,33,36)(H4,31,32,34,35,37);3*1H. The van der Waals surface area contributed by atoms with Gasteiger partial charge in [0, 0.05) is 25.7 Å². The van der Waals surface area contributed by atoms with Crippen LogP contribution in [0.25, 0.3) is 22.1 Å². The molecule has 2 aromatic heterocycles. The van der Waals surface area contributed by atoms with Crippen LogP contribution in [0.3, 0.4) is 0 Å². The van der Waals surface area contributed by atoms with E-state index in [1.54, 1.807) is 0 Å². The third-order valence-corrected chi connectivity index (χ3v) is 7.16. The molecule has 0 unspecified atom stereocenters. The summed E-state index contributed by atoms with van der Waals surface area (Å²) in [6.45, 7) is 4.04. The molecule has 0 amide bonds. The summed E-state index contributed by atoms with van der Waals surface area (Å²) in [7, 11) is 0. The predicted octanol–water partition coefficient (Wildman–Crippen LogP) is 5.67. The minimum Gasteiger partial charge on any atom is -0.370 e. The van der Waals surface area contributed by atoms with E-state index in [2.05, 4.69) is 41.1 Å². The van der Waals surface area contributed by atoms with Crippen molar-refractivity contribution >= 4 is 77.1 Å². The molecule has 1 aliphatic heterocycles. The third kappa shape index (κ3) is 7.83. The van der Waals surface area contributed by atoms with Crippen LogP contribution < -0.4 is 16.4 Å². The van der Waals surface area contributed by atoms with Crippen LogP contribution in [0.4, 0.5) is 16.3 Å². The lowest BCUT2D eigenvalue weighted by Gasteiger charge is -2.32. The number of piperidine rings is 1. The van der Waals surface area contributed by atoms with Crippen molar-refractivity contribution in [3.63, 3.8) is 0 Å². The number of nitrogens with two attached hydrogens (primary N) is 1. The first-order valence-electron chi connectivity index (χ1n) is 13.3. The molecule has 9 nitrogen and oxygen atoms in total. The number of hydrogen-bond acceptors (Lipinski definition) is 5. The second-order valence-electron chi connectivity index (χ2n) is 9.89. The van der Waals surface area contributed by atoms with E-state index in [1.165, 1.54) is 12.1 Å². The number of hydrogen-bond donors (Lipinski definition) is 4. The van der Waals surface area contributed by atoms with Crippen molar-refractivity contribution in [2.75, 3.05) is 36.8 Å². The molecule has 3 heterocycles. The molecule has 3 aromatic carbocycles. The first-order valence-corrected chi connectivity index (χ1v) is 13.3. The van der Waals surface area contributed by atoms with E-state index in [-0.39, 0.29) is 43.0 Å². The number of benzene rings is 3. The third-order valence-electron chi connectivity index (χ3n) is 7.16. The van der Waals surface area contributed by atoms with Gasteiger partial charge >= 0.3 is 0 Å². The molecule has 5 N–H and O–H groups in total. The predicted molar refractivity (Wildman–Crippen MR) is 176 cm³/mol. The highest BCUT2D eigenvalue weighted by atomic mass is 35.5. The Morgan fingerprint density at radius 1 is 0.929 bits per heavy atom. The topological polar surface area (TPSA) is 112 Å². The zero-order valence-electron chi connectivity index (χ0n) is 22.9. The molecule has 0 saturated carbocycles. The number of guanidine groups is 1. The number of anilines is 2. The molecule has 0 bridgehead atoms. The Hall–Kier alpha value is -3.57. The Kier molecular flexibility index (Phi) is 11.8. The van der Waals surface area contributed by atoms with Crippen molar-refractivity contribution in [3.05, 3.63) is 84.2 Å². The second kappa shape index (κ2) is 15.1. The number of para-hydroxylation sites is 4. The molecule has 0 spiro atoms. The molecule has 42 heavy (non-hydrogen) atoms. The summed E-state index contributed by atoms with van der Waals surface area (Å²) in [6, 6.07) is 23.0. The van der Waals surface area contributed by atoms with Gasteiger partial charge < -0.3 is 25.5 Å². The summed E-state index contributed by atoms with van der Waals surface area (Å²) in [5, 5.41) is 6.73. The highest BCUT2D eigenvalue weighted by Gasteiger charge is 2.21. The SMILES string of the molecule is Cl.Cl.Cl.NC(=NCCN1CCC(Nc2nc3ccccc3n2Cc2ccc(F)cc2)CC1)Nc1nc2ccccc2[nH]1. The molecule has 1 aliphatic rings. The first-order chi connectivity index (χ1) is 19.1. The fourth-order valence-corrected chi connectivity index (χ4v) is 5.09. The van der Waals surface area contributed by atoms with Gasteiger partial charge in [-0.05, 0) is 54.8 Å². The summed E-state index contributed by atoms with van der Waals surface area (Å²) >= 11 is 0. The Bertz CT molecular complexity index is 1560. The van der Waals surface area contributed by atoms with Crippen molar-refractivity contribution in [1.82, 2.24) is 24.4 Å². The molecule has 224 valence electrons. The van der Waals surface area contributed by atoms with Crippen molar-refractivity contribution in [2.24, 2.45) is 10.7 Å². The largest absolute Gasteiger partial charge is 0.370 e. The molecule has 0 aliphatic carbocycles. The molecule has 1 saturated heterocycles. The number of halogens is 4. The number of aromatic amines is 1. The molecule has 6 rings (SSSR count). The molecule has 5 aromatic rings. The number of likely N-dealkylation sites (tertiary alicyclic amines) is 1. The Morgan fingerprint density at radius 3 is 2.36 bits per heavy atom. The van der Waals surface area contributed by atoms with Gasteiger partial charge in [0.25, 0.3) is 0 Å². The summed E-state index contributed by atoms with van der Waals surface area (Å²) in [6.07, 6.45) is 2.02. The minimum absolute atomic E-state index is 0. The van der Waals surface area contributed by atoms with Crippen LogP contribution in [0.5, 0.6) is 0 Å². The molecular weight excluding hydrogens is 600 g/mol. The Morgan fingerprint density at radius 2 is 1.62 bits per heavy atom. The summed E-state index contributed by atoms with van der Waals surface area (Å²) in [4.78, 5) is 19.4. The average Bonchev–Trinajstić information content (AvgIpc) is 3.51. The lowest BCUT2D eigenvalue weighted by atomic mass is 10.1. The van der Waals surface area contributed by atoms with Crippen molar-refractivity contribution in [3.8, 4) is 0 Å². The van der Waals surface area contributed by atoms with Crippen LogP contribution in [-0.4, -0.2) is 62.6 Å². The van der Waals surface area contributed by atoms with E-state index in [0.29, 0.717) is 31.0 Å². The van der Waals surface area contributed by atoms with E-state index >= 15 is 0 Å². The van der Waals surface area contributed by atoms with E-state index in [4.69, 9.17) is 10.7 Å². The van der Waals surface area contributed by atoms with Gasteiger partial charge in [0.1, 0.15) is 5.82 Å². The fraction of sp³-hybridized carbons (Fsp3) is 0.276. The molecule has 0 atom stereocenters. The van der Waals surface area contributed by atoms with E-state index < -0.39 is 0 Å². The van der Waals surface area contributed by atoms with E-state index in [9.17, 15) is 4.39 Å². The summed E-state index contributed by atoms with van der Waals surface area (Å²) < 4.78 is 15.6. The fourth-order valence-electron chi connectivity index (χ4n) is 5.09. The van der Waals surface area contributed by atoms with Crippen LogP contribution in [0.1, 0.15) is 18.4 Å². The van der Waals surface area contributed by atoms with Gasteiger partial charge in [0.15, 0.2) is 5.96 Å². The van der Waals surface area contributed by atoms with Crippen molar-refractivity contribution < 1.29 is 4.39 Å². The van der Waals surface area contributed by atoms with Crippen LogP contribution in [-0.2, 0) is 6.54 Å². The van der Waals surface area contributed by atoms with E-state index in [0.717, 1.165) is 66.1 Å². The van der Waals surface area contributed by atoms with Gasteiger partial charge in [-0.1, -0.05) is 36.4 Å². The maximum atomic E-state index is 13.4. The number of fused-ring (bicyclic) bond motifs is 2. The monoisotopic (exact) mass is 633 g/mol. The van der Waals surface area contributed by atoms with Gasteiger partial charge in [-0.25, -0.2) is 14.4 Å². The smallest absolute Gasteiger partial charge is 0.208 e. The number of aromatic nitrogens is 4. The molecule has 13 heteroatoms. The number of nitrogens with one attached hydrogen (secondary N) is 3. The highest BCUT2D eigenvalue weighted by Crippen LogP contribution is 2.24. The highest BCUT2D eigenvalue weighted by molar-refractivity contribution is 5.92. The Labute approximate surface area is 262 Å². The summed E-state index contributed by atoms with van der Waals surface area (Å²) in [5.74, 6) is 1.57. The van der Waals surface area contributed by atoms with Gasteiger partial charge in [-0.15, -0.1) is 37.2 Å².